The van der Waals surface area contributed by atoms with Crippen LogP contribution in [0.15, 0.2) is 60.7 Å². The standard InChI is InChI=1S/C26H22N2O6/c1-4-34-22-11-6-5-10-21(22)28-24(30)18-13-12-16(14-19(18)25(28)31)23(29)27-20-9-7-8-17(15(20)2)26(32)33-3/h5-14H,4H2,1-3H3,(H,27,29). The maximum absolute atomic E-state index is 13.2. The van der Waals surface area contributed by atoms with Crippen molar-refractivity contribution in [1.82, 2.24) is 0 Å². The number of esters is 1. The highest BCUT2D eigenvalue weighted by molar-refractivity contribution is 6.35. The lowest BCUT2D eigenvalue weighted by molar-refractivity contribution is 0.0599. The van der Waals surface area contributed by atoms with Crippen LogP contribution in [0.3, 0.4) is 0 Å². The van der Waals surface area contributed by atoms with Crippen molar-refractivity contribution in [1.29, 1.82) is 0 Å². The lowest BCUT2D eigenvalue weighted by Crippen LogP contribution is -2.29. The van der Waals surface area contributed by atoms with Gasteiger partial charge in [-0.2, -0.15) is 0 Å². The summed E-state index contributed by atoms with van der Waals surface area (Å²) < 4.78 is 10.3. The van der Waals surface area contributed by atoms with Crippen LogP contribution in [0.1, 0.15) is 53.9 Å². The van der Waals surface area contributed by atoms with E-state index in [1.165, 1.54) is 25.3 Å². The summed E-state index contributed by atoms with van der Waals surface area (Å²) >= 11 is 0. The summed E-state index contributed by atoms with van der Waals surface area (Å²) in [5.74, 6) is -1.60. The van der Waals surface area contributed by atoms with Gasteiger partial charge in [0.25, 0.3) is 17.7 Å². The number of benzene rings is 3. The average molecular weight is 458 g/mol. The lowest BCUT2D eigenvalue weighted by Gasteiger charge is -2.17. The fourth-order valence-electron chi connectivity index (χ4n) is 3.82. The Labute approximate surface area is 196 Å². The van der Waals surface area contributed by atoms with Crippen molar-refractivity contribution < 1.29 is 28.7 Å². The Hall–Kier alpha value is -4.46. The van der Waals surface area contributed by atoms with Gasteiger partial charge in [0.15, 0.2) is 0 Å². The molecule has 1 N–H and O–H groups in total. The average Bonchev–Trinajstić information content (AvgIpc) is 3.09. The van der Waals surface area contributed by atoms with Gasteiger partial charge in [0.05, 0.1) is 36.1 Å². The molecule has 0 aromatic heterocycles. The highest BCUT2D eigenvalue weighted by atomic mass is 16.5. The molecule has 34 heavy (non-hydrogen) atoms. The van der Waals surface area contributed by atoms with Crippen molar-refractivity contribution in [3.63, 3.8) is 0 Å². The van der Waals surface area contributed by atoms with E-state index in [0.29, 0.717) is 34.9 Å². The molecule has 0 unspecified atom stereocenters. The number of anilines is 2. The van der Waals surface area contributed by atoms with Crippen LogP contribution >= 0.6 is 0 Å². The van der Waals surface area contributed by atoms with Crippen molar-refractivity contribution >= 4 is 35.1 Å². The first-order valence-electron chi connectivity index (χ1n) is 10.6. The van der Waals surface area contributed by atoms with E-state index >= 15 is 0 Å². The molecule has 4 rings (SSSR count). The van der Waals surface area contributed by atoms with E-state index in [0.717, 1.165) is 4.90 Å². The van der Waals surface area contributed by atoms with Crippen LogP contribution < -0.4 is 15.0 Å². The molecule has 0 radical (unpaired) electrons. The number of rotatable bonds is 6. The minimum Gasteiger partial charge on any atom is -0.492 e. The number of imide groups is 1. The number of nitrogens with zero attached hydrogens (tertiary/aromatic N) is 1. The SMILES string of the molecule is CCOc1ccccc1N1C(=O)c2ccc(C(=O)Nc3cccc(C(=O)OC)c3C)cc2C1=O. The maximum Gasteiger partial charge on any atom is 0.338 e. The Morgan fingerprint density at radius 2 is 1.68 bits per heavy atom. The third-order valence-electron chi connectivity index (χ3n) is 5.54. The largest absolute Gasteiger partial charge is 0.492 e. The van der Waals surface area contributed by atoms with Gasteiger partial charge >= 0.3 is 5.97 Å². The van der Waals surface area contributed by atoms with E-state index in [1.807, 2.05) is 6.92 Å². The number of carbonyl (C=O) groups is 4. The fourth-order valence-corrected chi connectivity index (χ4v) is 3.82. The van der Waals surface area contributed by atoms with Crippen LogP contribution in [-0.2, 0) is 4.74 Å². The number of fused-ring (bicyclic) bond motifs is 1. The molecule has 8 nitrogen and oxygen atoms in total. The Balaban J connectivity index is 1.63. The second kappa shape index (κ2) is 9.19. The summed E-state index contributed by atoms with van der Waals surface area (Å²) in [6.07, 6.45) is 0. The Morgan fingerprint density at radius 3 is 2.41 bits per heavy atom. The van der Waals surface area contributed by atoms with Crippen LogP contribution in [-0.4, -0.2) is 37.4 Å². The second-order valence-electron chi connectivity index (χ2n) is 7.53. The van der Waals surface area contributed by atoms with Crippen LogP contribution in [0.25, 0.3) is 0 Å². The number of para-hydroxylation sites is 2. The summed E-state index contributed by atoms with van der Waals surface area (Å²) in [5.41, 5.74) is 2.19. The number of ether oxygens (including phenoxy) is 2. The highest BCUT2D eigenvalue weighted by Gasteiger charge is 2.38. The Kier molecular flexibility index (Phi) is 6.14. The highest BCUT2D eigenvalue weighted by Crippen LogP contribution is 2.35. The molecule has 172 valence electrons. The molecule has 0 saturated heterocycles. The van der Waals surface area contributed by atoms with E-state index in [1.54, 1.807) is 49.4 Å². The van der Waals surface area contributed by atoms with E-state index < -0.39 is 23.7 Å². The number of methoxy groups -OCH3 is 1. The summed E-state index contributed by atoms with van der Waals surface area (Å²) in [4.78, 5) is 52.1. The lowest BCUT2D eigenvalue weighted by atomic mass is 10.0. The third-order valence-corrected chi connectivity index (χ3v) is 5.54. The summed E-state index contributed by atoms with van der Waals surface area (Å²) in [5, 5.41) is 2.76. The van der Waals surface area contributed by atoms with Crippen molar-refractivity contribution in [2.24, 2.45) is 0 Å². The monoisotopic (exact) mass is 458 g/mol. The first kappa shape index (κ1) is 22.7. The molecular weight excluding hydrogens is 436 g/mol. The summed E-state index contributed by atoms with van der Waals surface area (Å²) in [7, 11) is 1.28. The molecule has 0 bridgehead atoms. The van der Waals surface area contributed by atoms with E-state index in [9.17, 15) is 19.2 Å². The minimum atomic E-state index is -0.536. The van der Waals surface area contributed by atoms with Gasteiger partial charge < -0.3 is 14.8 Å². The van der Waals surface area contributed by atoms with Gasteiger partial charge in [0.2, 0.25) is 0 Å². The predicted molar refractivity (Wildman–Crippen MR) is 126 cm³/mol. The molecular formula is C26H22N2O6. The van der Waals surface area contributed by atoms with Crippen molar-refractivity contribution in [2.75, 3.05) is 23.9 Å². The zero-order chi connectivity index (χ0) is 24.4. The molecule has 1 aliphatic heterocycles. The molecule has 3 amide bonds. The first-order chi connectivity index (χ1) is 16.4. The molecule has 8 heteroatoms. The number of hydrogen-bond donors (Lipinski definition) is 1. The smallest absolute Gasteiger partial charge is 0.338 e. The zero-order valence-corrected chi connectivity index (χ0v) is 18.9. The predicted octanol–water partition coefficient (Wildman–Crippen LogP) is 4.23. The van der Waals surface area contributed by atoms with Crippen LogP contribution in [0, 0.1) is 6.92 Å². The van der Waals surface area contributed by atoms with Crippen LogP contribution in [0.2, 0.25) is 0 Å². The van der Waals surface area contributed by atoms with Gasteiger partial charge in [-0.05, 0) is 61.9 Å². The molecule has 0 saturated carbocycles. The normalized spacial score (nSPS) is 12.4. The number of hydrogen-bond acceptors (Lipinski definition) is 6. The van der Waals surface area contributed by atoms with E-state index in [-0.39, 0.29) is 16.7 Å². The second-order valence-corrected chi connectivity index (χ2v) is 7.53. The molecule has 1 aliphatic rings. The van der Waals surface area contributed by atoms with Gasteiger partial charge in [-0.3, -0.25) is 14.4 Å². The zero-order valence-electron chi connectivity index (χ0n) is 18.9. The van der Waals surface area contributed by atoms with Crippen molar-refractivity contribution in [3.05, 3.63) is 88.5 Å². The molecule has 3 aromatic rings. The minimum absolute atomic E-state index is 0.129. The number of nitrogens with one attached hydrogen (secondary N) is 1. The Bertz CT molecular complexity index is 1330. The maximum atomic E-state index is 13.2. The Morgan fingerprint density at radius 1 is 0.941 bits per heavy atom. The molecule has 0 spiro atoms. The van der Waals surface area contributed by atoms with E-state index in [2.05, 4.69) is 5.32 Å². The van der Waals surface area contributed by atoms with Gasteiger partial charge in [-0.15, -0.1) is 0 Å². The van der Waals surface area contributed by atoms with Crippen molar-refractivity contribution in [3.8, 4) is 5.75 Å². The fraction of sp³-hybridized carbons (Fsp3) is 0.154. The van der Waals surface area contributed by atoms with E-state index in [4.69, 9.17) is 9.47 Å². The summed E-state index contributed by atoms with van der Waals surface area (Å²) in [6.45, 7) is 3.88. The van der Waals surface area contributed by atoms with Gasteiger partial charge in [-0.1, -0.05) is 18.2 Å². The third kappa shape index (κ3) is 3.90. The van der Waals surface area contributed by atoms with Crippen molar-refractivity contribution in [2.45, 2.75) is 13.8 Å². The summed E-state index contributed by atoms with van der Waals surface area (Å²) in [6, 6.07) is 16.0. The molecule has 0 aliphatic carbocycles. The quantitative estimate of drug-likeness (QED) is 0.438. The van der Waals surface area contributed by atoms with Gasteiger partial charge in [0, 0.05) is 11.3 Å². The topological polar surface area (TPSA) is 102 Å². The van der Waals surface area contributed by atoms with Crippen LogP contribution in [0.4, 0.5) is 11.4 Å². The van der Waals surface area contributed by atoms with Gasteiger partial charge in [0.1, 0.15) is 5.75 Å². The number of amides is 3. The first-order valence-corrected chi connectivity index (χ1v) is 10.6. The van der Waals surface area contributed by atoms with Gasteiger partial charge in [-0.25, -0.2) is 9.69 Å². The number of carbonyl (C=O) groups excluding carboxylic acids is 4. The molecule has 0 fully saturated rings. The molecule has 3 aromatic carbocycles. The molecule has 0 atom stereocenters. The molecule has 1 heterocycles. The van der Waals surface area contributed by atoms with Crippen LogP contribution in [0.5, 0.6) is 5.75 Å².